The van der Waals surface area contributed by atoms with Crippen LogP contribution in [0.5, 0.6) is 0 Å². The first-order chi connectivity index (χ1) is 7.12. The van der Waals surface area contributed by atoms with Crippen LogP contribution in [0.25, 0.3) is 0 Å². The molecule has 0 spiro atoms. The monoisotopic (exact) mass is 214 g/mol. The first kappa shape index (κ1) is 15.0. The van der Waals surface area contributed by atoms with E-state index >= 15 is 0 Å². The highest BCUT2D eigenvalue weighted by atomic mass is 16.5. The van der Waals surface area contributed by atoms with Crippen molar-refractivity contribution in [1.82, 2.24) is 0 Å². The topological polar surface area (TPSA) is 9.23 Å². The van der Waals surface area contributed by atoms with Crippen LogP contribution in [0.15, 0.2) is 0 Å². The molecule has 0 N–H and O–H groups in total. The van der Waals surface area contributed by atoms with E-state index < -0.39 is 0 Å². The molecule has 0 fully saturated rings. The van der Waals surface area contributed by atoms with Gasteiger partial charge in [-0.15, -0.1) is 0 Å². The van der Waals surface area contributed by atoms with E-state index in [0.29, 0.717) is 5.41 Å². The van der Waals surface area contributed by atoms with E-state index in [-0.39, 0.29) is 0 Å². The van der Waals surface area contributed by atoms with Gasteiger partial charge < -0.3 is 4.74 Å². The Kier molecular flexibility index (Phi) is 9.18. The lowest BCUT2D eigenvalue weighted by Gasteiger charge is -2.23. The number of ether oxygens (including phenoxy) is 1. The van der Waals surface area contributed by atoms with Crippen LogP contribution in [-0.2, 0) is 4.74 Å². The molecule has 0 aromatic carbocycles. The number of hydrogen-bond donors (Lipinski definition) is 0. The fourth-order valence-electron chi connectivity index (χ4n) is 2.11. The Morgan fingerprint density at radius 2 is 1.53 bits per heavy atom. The number of hydrogen-bond acceptors (Lipinski definition) is 1. The lowest BCUT2D eigenvalue weighted by Crippen LogP contribution is -2.10. The maximum Gasteiger partial charge on any atom is 0.0465 e. The van der Waals surface area contributed by atoms with Gasteiger partial charge >= 0.3 is 0 Å². The second kappa shape index (κ2) is 9.21. The third-order valence-corrected chi connectivity index (χ3v) is 3.02. The van der Waals surface area contributed by atoms with Crippen LogP contribution in [-0.4, -0.2) is 13.2 Å². The molecule has 0 saturated carbocycles. The van der Waals surface area contributed by atoms with Gasteiger partial charge in [-0.3, -0.25) is 0 Å². The zero-order chi connectivity index (χ0) is 11.6. The van der Waals surface area contributed by atoms with Gasteiger partial charge in [0.05, 0.1) is 0 Å². The maximum absolute atomic E-state index is 5.32. The quantitative estimate of drug-likeness (QED) is 0.475. The third kappa shape index (κ3) is 10.2. The van der Waals surface area contributed by atoms with Gasteiger partial charge in [-0.2, -0.15) is 0 Å². The van der Waals surface area contributed by atoms with Crippen LogP contribution in [0.2, 0.25) is 0 Å². The molecule has 0 bridgehead atoms. The van der Waals surface area contributed by atoms with Crippen molar-refractivity contribution in [2.24, 2.45) is 5.41 Å². The van der Waals surface area contributed by atoms with Gasteiger partial charge in [-0.05, 0) is 31.6 Å². The average Bonchev–Trinajstić information content (AvgIpc) is 2.16. The highest BCUT2D eigenvalue weighted by Crippen LogP contribution is 2.28. The minimum Gasteiger partial charge on any atom is -0.382 e. The number of rotatable bonds is 10. The van der Waals surface area contributed by atoms with E-state index in [1.807, 2.05) is 0 Å². The van der Waals surface area contributed by atoms with Gasteiger partial charge in [0.1, 0.15) is 0 Å². The van der Waals surface area contributed by atoms with Crippen LogP contribution in [0.4, 0.5) is 0 Å². The summed E-state index contributed by atoms with van der Waals surface area (Å²) in [6.07, 6.45) is 9.41. The van der Waals surface area contributed by atoms with Crippen LogP contribution in [0.1, 0.15) is 72.6 Å². The van der Waals surface area contributed by atoms with Gasteiger partial charge in [0, 0.05) is 13.2 Å². The predicted molar refractivity (Wildman–Crippen MR) is 68.3 cm³/mol. The molecule has 0 amide bonds. The molecular formula is C14H30O. The summed E-state index contributed by atoms with van der Waals surface area (Å²) in [5, 5.41) is 0. The Hall–Kier alpha value is -0.0400. The smallest absolute Gasteiger partial charge is 0.0465 e. The van der Waals surface area contributed by atoms with Crippen molar-refractivity contribution in [3.8, 4) is 0 Å². The second-order valence-corrected chi connectivity index (χ2v) is 5.28. The van der Waals surface area contributed by atoms with Crippen molar-refractivity contribution in [3.63, 3.8) is 0 Å². The molecule has 1 heteroatoms. The molecule has 0 heterocycles. The van der Waals surface area contributed by atoms with Crippen molar-refractivity contribution in [2.45, 2.75) is 72.6 Å². The highest BCUT2D eigenvalue weighted by Gasteiger charge is 2.15. The summed E-state index contributed by atoms with van der Waals surface area (Å²) in [6.45, 7) is 11.0. The summed E-state index contributed by atoms with van der Waals surface area (Å²) in [4.78, 5) is 0. The minimum absolute atomic E-state index is 0.564. The number of unbranched alkanes of at least 4 members (excludes halogenated alkanes) is 3. The van der Waals surface area contributed by atoms with Gasteiger partial charge in [-0.1, -0.05) is 46.5 Å². The SMILES string of the molecule is CCCC(C)(C)CCCCCCOCC. The van der Waals surface area contributed by atoms with E-state index in [9.17, 15) is 0 Å². The first-order valence-electron chi connectivity index (χ1n) is 6.70. The summed E-state index contributed by atoms with van der Waals surface area (Å²) >= 11 is 0. The normalized spacial score (nSPS) is 12.0. The largest absolute Gasteiger partial charge is 0.382 e. The summed E-state index contributed by atoms with van der Waals surface area (Å²) < 4.78 is 5.32. The van der Waals surface area contributed by atoms with Gasteiger partial charge in [0.25, 0.3) is 0 Å². The van der Waals surface area contributed by atoms with E-state index in [4.69, 9.17) is 4.74 Å². The van der Waals surface area contributed by atoms with E-state index in [1.54, 1.807) is 0 Å². The van der Waals surface area contributed by atoms with Crippen LogP contribution in [0.3, 0.4) is 0 Å². The molecule has 0 aromatic rings. The zero-order valence-electron chi connectivity index (χ0n) is 11.3. The van der Waals surface area contributed by atoms with Crippen LogP contribution in [0, 0.1) is 5.41 Å². The van der Waals surface area contributed by atoms with E-state index in [2.05, 4.69) is 27.7 Å². The zero-order valence-corrected chi connectivity index (χ0v) is 11.3. The molecule has 0 saturated heterocycles. The molecule has 0 unspecified atom stereocenters. The van der Waals surface area contributed by atoms with Gasteiger partial charge in [0.2, 0.25) is 0 Å². The minimum atomic E-state index is 0.564. The second-order valence-electron chi connectivity index (χ2n) is 5.28. The van der Waals surface area contributed by atoms with Gasteiger partial charge in [0.15, 0.2) is 0 Å². The summed E-state index contributed by atoms with van der Waals surface area (Å²) in [7, 11) is 0. The van der Waals surface area contributed by atoms with Crippen LogP contribution < -0.4 is 0 Å². The summed E-state index contributed by atoms with van der Waals surface area (Å²) in [5.74, 6) is 0. The molecule has 0 aliphatic rings. The fraction of sp³-hybridized carbons (Fsp3) is 1.00. The molecule has 1 nitrogen and oxygen atoms in total. The molecule has 0 rings (SSSR count). The molecule has 0 radical (unpaired) electrons. The molecule has 0 atom stereocenters. The Labute approximate surface area is 96.6 Å². The van der Waals surface area contributed by atoms with Crippen molar-refractivity contribution in [2.75, 3.05) is 13.2 Å². The summed E-state index contributed by atoms with van der Waals surface area (Å²) in [5.41, 5.74) is 0.564. The van der Waals surface area contributed by atoms with Crippen molar-refractivity contribution in [3.05, 3.63) is 0 Å². The van der Waals surface area contributed by atoms with Gasteiger partial charge in [-0.25, -0.2) is 0 Å². The predicted octanol–water partition coefficient (Wildman–Crippen LogP) is 4.80. The van der Waals surface area contributed by atoms with E-state index in [0.717, 1.165) is 13.2 Å². The van der Waals surface area contributed by atoms with Crippen LogP contribution >= 0.6 is 0 Å². The molecule has 92 valence electrons. The van der Waals surface area contributed by atoms with Crippen molar-refractivity contribution < 1.29 is 4.74 Å². The lowest BCUT2D eigenvalue weighted by atomic mass is 9.83. The standard InChI is InChI=1S/C14H30O/c1-5-11-14(3,4)12-9-7-8-10-13-15-6-2/h5-13H2,1-4H3. The Balaban J connectivity index is 3.22. The Bertz CT molecular complexity index is 129. The molecular weight excluding hydrogens is 184 g/mol. The third-order valence-electron chi connectivity index (χ3n) is 3.02. The maximum atomic E-state index is 5.32. The molecule has 0 aliphatic heterocycles. The molecule has 0 aliphatic carbocycles. The fourth-order valence-corrected chi connectivity index (χ4v) is 2.11. The highest BCUT2D eigenvalue weighted by molar-refractivity contribution is 4.67. The molecule has 0 aromatic heterocycles. The van der Waals surface area contributed by atoms with Crippen molar-refractivity contribution >= 4 is 0 Å². The first-order valence-corrected chi connectivity index (χ1v) is 6.70. The molecule has 15 heavy (non-hydrogen) atoms. The average molecular weight is 214 g/mol. The Morgan fingerprint density at radius 3 is 2.13 bits per heavy atom. The van der Waals surface area contributed by atoms with E-state index in [1.165, 1.54) is 44.9 Å². The lowest BCUT2D eigenvalue weighted by molar-refractivity contribution is 0.142. The Morgan fingerprint density at radius 1 is 0.867 bits per heavy atom. The summed E-state index contributed by atoms with van der Waals surface area (Å²) in [6, 6.07) is 0. The van der Waals surface area contributed by atoms with Crippen molar-refractivity contribution in [1.29, 1.82) is 0 Å².